The molecule has 0 saturated carbocycles. The number of amides is 2. The van der Waals surface area contributed by atoms with Crippen molar-refractivity contribution in [2.45, 2.75) is 26.2 Å². The lowest BCUT2D eigenvalue weighted by Crippen LogP contribution is -2.43. The van der Waals surface area contributed by atoms with Gasteiger partial charge in [0.1, 0.15) is 5.75 Å². The van der Waals surface area contributed by atoms with Gasteiger partial charge in [0, 0.05) is 11.1 Å². The van der Waals surface area contributed by atoms with Crippen molar-refractivity contribution in [3.63, 3.8) is 0 Å². The highest BCUT2D eigenvalue weighted by molar-refractivity contribution is 9.10. The molecule has 0 aliphatic carbocycles. The second-order valence-corrected chi connectivity index (χ2v) is 8.34. The summed E-state index contributed by atoms with van der Waals surface area (Å²) in [7, 11) is 0. The predicted octanol–water partition coefficient (Wildman–Crippen LogP) is 4.64. The van der Waals surface area contributed by atoms with Crippen LogP contribution in [0.5, 0.6) is 5.75 Å². The number of nitrogens with one attached hydrogen (secondary N) is 2. The number of rotatable bonds is 5. The van der Waals surface area contributed by atoms with E-state index in [1.54, 1.807) is 24.3 Å². The van der Waals surface area contributed by atoms with Crippen LogP contribution in [0.1, 0.15) is 31.9 Å². The summed E-state index contributed by atoms with van der Waals surface area (Å²) >= 11 is 9.46. The molecule has 0 unspecified atom stereocenters. The molecule has 0 fully saturated rings. The van der Waals surface area contributed by atoms with E-state index in [1.807, 2.05) is 24.3 Å². The highest BCUT2D eigenvalue weighted by atomic mass is 79.9. The van der Waals surface area contributed by atoms with Gasteiger partial charge in [-0.3, -0.25) is 20.4 Å². The van der Waals surface area contributed by atoms with Crippen LogP contribution in [0.4, 0.5) is 0 Å². The highest BCUT2D eigenvalue weighted by Gasteiger charge is 2.15. The number of hydrogen-bond acceptors (Lipinski definition) is 3. The smallest absolute Gasteiger partial charge is 0.276 e. The SMILES string of the molecule is CC(C)(C)c1ccc(OCC(=O)NNC(=O)/C=C/c2ccccc2Cl)c(Br)c1. The molecule has 0 atom stereocenters. The molecule has 2 amide bonds. The largest absolute Gasteiger partial charge is 0.483 e. The molecule has 0 spiro atoms. The van der Waals surface area contributed by atoms with Gasteiger partial charge >= 0.3 is 0 Å². The van der Waals surface area contributed by atoms with E-state index in [0.29, 0.717) is 16.3 Å². The molecule has 2 N–H and O–H groups in total. The van der Waals surface area contributed by atoms with Crippen molar-refractivity contribution in [1.82, 2.24) is 10.9 Å². The Kier molecular flexibility index (Phi) is 7.66. The number of carbonyl (C=O) groups excluding carboxylic acids is 2. The average molecular weight is 466 g/mol. The Morgan fingerprint density at radius 2 is 1.86 bits per heavy atom. The molecular formula is C21H22BrClN2O3. The number of hydrogen-bond donors (Lipinski definition) is 2. The minimum atomic E-state index is -0.482. The van der Waals surface area contributed by atoms with Crippen molar-refractivity contribution in [3.8, 4) is 5.75 Å². The third kappa shape index (κ3) is 6.69. The lowest BCUT2D eigenvalue weighted by molar-refractivity contribution is -0.128. The molecule has 7 heteroatoms. The zero-order valence-electron chi connectivity index (χ0n) is 15.9. The summed E-state index contributed by atoms with van der Waals surface area (Å²) in [5.74, 6) is -0.414. The van der Waals surface area contributed by atoms with E-state index in [0.717, 1.165) is 10.0 Å². The molecule has 28 heavy (non-hydrogen) atoms. The van der Waals surface area contributed by atoms with Gasteiger partial charge in [0.15, 0.2) is 6.61 Å². The molecule has 0 radical (unpaired) electrons. The first-order valence-corrected chi connectivity index (χ1v) is 9.78. The van der Waals surface area contributed by atoms with Gasteiger partial charge in [0.2, 0.25) is 0 Å². The summed E-state index contributed by atoms with van der Waals surface area (Å²) in [6, 6.07) is 12.9. The van der Waals surface area contributed by atoms with Crippen LogP contribution in [0.3, 0.4) is 0 Å². The fraction of sp³-hybridized carbons (Fsp3) is 0.238. The van der Waals surface area contributed by atoms with Gasteiger partial charge in [-0.1, -0.05) is 56.6 Å². The second kappa shape index (κ2) is 9.75. The first-order valence-electron chi connectivity index (χ1n) is 8.61. The third-order valence-corrected chi connectivity index (χ3v) is 4.77. The molecule has 148 valence electrons. The fourth-order valence-electron chi connectivity index (χ4n) is 2.21. The standard InChI is InChI=1S/C21H22BrClN2O3/c1-21(2,3)15-9-10-18(16(22)12-15)28-13-20(27)25-24-19(26)11-8-14-6-4-5-7-17(14)23/h4-12H,13H2,1-3H3,(H,24,26)(H,25,27)/b11-8+. The quantitative estimate of drug-likeness (QED) is 0.499. The summed E-state index contributed by atoms with van der Waals surface area (Å²) in [6.07, 6.45) is 2.85. The summed E-state index contributed by atoms with van der Waals surface area (Å²) in [4.78, 5) is 23.7. The van der Waals surface area contributed by atoms with E-state index in [1.165, 1.54) is 6.08 Å². The van der Waals surface area contributed by atoms with Gasteiger partial charge in [-0.25, -0.2) is 0 Å². The number of hydrazine groups is 1. The summed E-state index contributed by atoms with van der Waals surface area (Å²) in [5, 5.41) is 0.534. The van der Waals surface area contributed by atoms with Gasteiger partial charge in [-0.2, -0.15) is 0 Å². The maximum absolute atomic E-state index is 11.9. The zero-order chi connectivity index (χ0) is 20.7. The number of halogens is 2. The van der Waals surface area contributed by atoms with E-state index in [9.17, 15) is 9.59 Å². The molecule has 2 rings (SSSR count). The topological polar surface area (TPSA) is 67.4 Å². The van der Waals surface area contributed by atoms with Crippen LogP contribution in [0.15, 0.2) is 53.0 Å². The number of carbonyl (C=O) groups is 2. The Morgan fingerprint density at radius 1 is 1.14 bits per heavy atom. The fourth-order valence-corrected chi connectivity index (χ4v) is 2.90. The number of ether oxygens (including phenoxy) is 1. The Bertz CT molecular complexity index is 891. The predicted molar refractivity (Wildman–Crippen MR) is 115 cm³/mol. The van der Waals surface area contributed by atoms with Crippen LogP contribution in [0.2, 0.25) is 5.02 Å². The molecule has 0 aliphatic heterocycles. The first-order chi connectivity index (χ1) is 13.2. The van der Waals surface area contributed by atoms with Crippen LogP contribution in [-0.2, 0) is 15.0 Å². The Morgan fingerprint density at radius 3 is 2.50 bits per heavy atom. The molecule has 0 saturated heterocycles. The normalized spacial score (nSPS) is 11.3. The average Bonchev–Trinajstić information content (AvgIpc) is 2.64. The lowest BCUT2D eigenvalue weighted by atomic mass is 9.87. The van der Waals surface area contributed by atoms with Crippen LogP contribution in [0.25, 0.3) is 6.08 Å². The van der Waals surface area contributed by atoms with Crippen LogP contribution in [-0.4, -0.2) is 18.4 Å². The minimum Gasteiger partial charge on any atom is -0.483 e. The maximum atomic E-state index is 11.9. The summed E-state index contributed by atoms with van der Waals surface area (Å²) in [5.41, 5.74) is 6.45. The van der Waals surface area contributed by atoms with Crippen molar-refractivity contribution in [1.29, 1.82) is 0 Å². The van der Waals surface area contributed by atoms with Gasteiger partial charge in [-0.15, -0.1) is 0 Å². The van der Waals surface area contributed by atoms with E-state index in [-0.39, 0.29) is 12.0 Å². The van der Waals surface area contributed by atoms with Gasteiger partial charge in [0.25, 0.3) is 11.8 Å². The van der Waals surface area contributed by atoms with Crippen molar-refractivity contribution in [2.75, 3.05) is 6.61 Å². The van der Waals surface area contributed by atoms with Gasteiger partial charge in [-0.05, 0) is 56.7 Å². The van der Waals surface area contributed by atoms with E-state index >= 15 is 0 Å². The number of benzene rings is 2. The monoisotopic (exact) mass is 464 g/mol. The first kappa shape index (κ1) is 22.0. The van der Waals surface area contributed by atoms with E-state index < -0.39 is 11.8 Å². The van der Waals surface area contributed by atoms with E-state index in [4.69, 9.17) is 16.3 Å². The van der Waals surface area contributed by atoms with Crippen molar-refractivity contribution >= 4 is 45.4 Å². The Balaban J connectivity index is 1.81. The highest BCUT2D eigenvalue weighted by Crippen LogP contribution is 2.31. The molecule has 0 bridgehead atoms. The summed E-state index contributed by atoms with van der Waals surface area (Å²) in [6.45, 7) is 6.12. The van der Waals surface area contributed by atoms with Crippen LogP contribution >= 0.6 is 27.5 Å². The minimum absolute atomic E-state index is 0.0141. The molecule has 2 aromatic carbocycles. The van der Waals surface area contributed by atoms with Crippen LogP contribution < -0.4 is 15.6 Å². The molecule has 0 aliphatic rings. The molecule has 2 aromatic rings. The molecule has 0 aromatic heterocycles. The van der Waals surface area contributed by atoms with Gasteiger partial charge in [0.05, 0.1) is 4.47 Å². The lowest BCUT2D eigenvalue weighted by Gasteiger charge is -2.20. The van der Waals surface area contributed by atoms with E-state index in [2.05, 4.69) is 47.6 Å². The Hall–Kier alpha value is -2.31. The van der Waals surface area contributed by atoms with Crippen molar-refractivity contribution in [2.24, 2.45) is 0 Å². The third-order valence-electron chi connectivity index (χ3n) is 3.80. The van der Waals surface area contributed by atoms with Crippen LogP contribution in [0, 0.1) is 0 Å². The van der Waals surface area contributed by atoms with Gasteiger partial charge < -0.3 is 4.74 Å². The zero-order valence-corrected chi connectivity index (χ0v) is 18.2. The molecule has 5 nitrogen and oxygen atoms in total. The second-order valence-electron chi connectivity index (χ2n) is 7.08. The summed E-state index contributed by atoms with van der Waals surface area (Å²) < 4.78 is 6.26. The van der Waals surface area contributed by atoms with Crippen molar-refractivity contribution < 1.29 is 14.3 Å². The maximum Gasteiger partial charge on any atom is 0.276 e. The molecule has 0 heterocycles. The Labute approximate surface area is 178 Å². The molecular weight excluding hydrogens is 444 g/mol. The van der Waals surface area contributed by atoms with Crippen molar-refractivity contribution in [3.05, 3.63) is 69.2 Å².